The lowest BCUT2D eigenvalue weighted by Gasteiger charge is -2.21. The van der Waals surface area contributed by atoms with Crippen LogP contribution in [-0.4, -0.2) is 96.7 Å². The van der Waals surface area contributed by atoms with Crippen LogP contribution in [0.25, 0.3) is 0 Å². The van der Waals surface area contributed by atoms with E-state index in [1.165, 1.54) is 141 Å². The average molecular weight is 1240 g/mol. The van der Waals surface area contributed by atoms with Crippen molar-refractivity contribution >= 4 is 39.5 Å². The molecule has 2 unspecified atom stereocenters. The first kappa shape index (κ1) is 82.1. The number of unbranched alkanes of at least 4 members (excludes halogenated alkanes) is 34. The van der Waals surface area contributed by atoms with Crippen molar-refractivity contribution in [3.05, 3.63) is 0 Å². The largest absolute Gasteiger partial charge is 0.472 e. The Morgan fingerprint density at radius 3 is 0.810 bits per heavy atom. The van der Waals surface area contributed by atoms with Crippen molar-refractivity contribution in [2.24, 2.45) is 11.8 Å². The Morgan fingerprint density at radius 2 is 0.548 bits per heavy atom. The highest BCUT2D eigenvalue weighted by atomic mass is 31.2. The minimum Gasteiger partial charge on any atom is -0.462 e. The van der Waals surface area contributed by atoms with Gasteiger partial charge in [-0.15, -0.1) is 0 Å². The van der Waals surface area contributed by atoms with Crippen LogP contribution < -0.4 is 0 Å². The molecule has 3 N–H and O–H groups in total. The van der Waals surface area contributed by atoms with Crippen molar-refractivity contribution in [1.29, 1.82) is 0 Å². The number of phosphoric acid groups is 2. The summed E-state index contributed by atoms with van der Waals surface area (Å²) >= 11 is 0. The van der Waals surface area contributed by atoms with E-state index in [2.05, 4.69) is 41.5 Å². The summed E-state index contributed by atoms with van der Waals surface area (Å²) in [6.07, 6.45) is 40.2. The van der Waals surface area contributed by atoms with E-state index in [1.54, 1.807) is 0 Å². The number of rotatable bonds is 64. The number of aliphatic hydroxyl groups is 1. The maximum Gasteiger partial charge on any atom is 0.472 e. The quantitative estimate of drug-likeness (QED) is 0.0222. The molecule has 0 rings (SSSR count). The third-order valence-electron chi connectivity index (χ3n) is 15.0. The average Bonchev–Trinajstić information content (AvgIpc) is 3.48. The van der Waals surface area contributed by atoms with Crippen LogP contribution in [0.5, 0.6) is 0 Å². The van der Waals surface area contributed by atoms with E-state index in [9.17, 15) is 43.2 Å². The first-order valence-corrected chi connectivity index (χ1v) is 37.0. The third kappa shape index (κ3) is 59.0. The zero-order valence-corrected chi connectivity index (χ0v) is 56.0. The van der Waals surface area contributed by atoms with Gasteiger partial charge in [0.05, 0.1) is 26.4 Å². The first-order chi connectivity index (χ1) is 40.4. The minimum atomic E-state index is -4.94. The Bertz CT molecular complexity index is 1650. The molecular formula is C65H126O17P2. The number of ether oxygens (including phenoxy) is 4. The number of esters is 4. The fraction of sp³-hybridized carbons (Fsp3) is 0.938. The topological polar surface area (TPSA) is 237 Å². The maximum atomic E-state index is 13.0. The van der Waals surface area contributed by atoms with Crippen LogP contribution in [0.1, 0.15) is 324 Å². The van der Waals surface area contributed by atoms with Gasteiger partial charge in [-0.1, -0.05) is 273 Å². The number of phosphoric ester groups is 2. The summed E-state index contributed by atoms with van der Waals surface area (Å²) in [5.74, 6) is -0.669. The summed E-state index contributed by atoms with van der Waals surface area (Å²) in [7, 11) is -9.89. The van der Waals surface area contributed by atoms with E-state index in [0.717, 1.165) is 102 Å². The molecule has 0 radical (unpaired) electrons. The highest BCUT2D eigenvalue weighted by molar-refractivity contribution is 7.47. The summed E-state index contributed by atoms with van der Waals surface area (Å²) in [4.78, 5) is 72.2. The molecule has 0 bridgehead atoms. The van der Waals surface area contributed by atoms with Crippen molar-refractivity contribution in [2.75, 3.05) is 39.6 Å². The van der Waals surface area contributed by atoms with Gasteiger partial charge in [-0.05, 0) is 37.5 Å². The Labute approximate surface area is 511 Å². The summed E-state index contributed by atoms with van der Waals surface area (Å²) in [5.41, 5.74) is 0. The van der Waals surface area contributed by atoms with Crippen LogP contribution >= 0.6 is 15.6 Å². The molecule has 17 nitrogen and oxygen atoms in total. The van der Waals surface area contributed by atoms with Gasteiger partial charge in [-0.3, -0.25) is 37.3 Å². The van der Waals surface area contributed by atoms with Crippen LogP contribution in [0.3, 0.4) is 0 Å². The van der Waals surface area contributed by atoms with Gasteiger partial charge in [0.15, 0.2) is 12.2 Å². The molecule has 84 heavy (non-hydrogen) atoms. The lowest BCUT2D eigenvalue weighted by Crippen LogP contribution is -2.30. The molecule has 0 saturated carbocycles. The second-order valence-corrected chi connectivity index (χ2v) is 27.4. The third-order valence-corrected chi connectivity index (χ3v) is 16.9. The zero-order chi connectivity index (χ0) is 62.2. The molecule has 0 heterocycles. The summed E-state index contributed by atoms with van der Waals surface area (Å²) in [6, 6.07) is 0. The molecule has 0 spiro atoms. The van der Waals surface area contributed by atoms with Gasteiger partial charge in [0, 0.05) is 25.7 Å². The van der Waals surface area contributed by atoms with Gasteiger partial charge in [0.1, 0.15) is 19.3 Å². The van der Waals surface area contributed by atoms with Gasteiger partial charge < -0.3 is 33.8 Å². The number of aliphatic hydroxyl groups excluding tert-OH is 1. The zero-order valence-electron chi connectivity index (χ0n) is 54.2. The van der Waals surface area contributed by atoms with E-state index in [1.807, 2.05) is 0 Å². The van der Waals surface area contributed by atoms with Crippen LogP contribution in [0, 0.1) is 11.8 Å². The Morgan fingerprint density at radius 1 is 0.321 bits per heavy atom. The molecule has 19 heteroatoms. The fourth-order valence-electron chi connectivity index (χ4n) is 9.71. The van der Waals surface area contributed by atoms with Crippen LogP contribution in [0.15, 0.2) is 0 Å². The second-order valence-electron chi connectivity index (χ2n) is 24.5. The monoisotopic (exact) mass is 1240 g/mol. The molecule has 5 atom stereocenters. The Kier molecular flexibility index (Phi) is 56.2. The van der Waals surface area contributed by atoms with E-state index in [-0.39, 0.29) is 25.7 Å². The molecule has 0 aliphatic heterocycles. The highest BCUT2D eigenvalue weighted by Crippen LogP contribution is 2.45. The molecule has 0 aliphatic carbocycles. The standard InChI is InChI=1S/C65H126O17P2/c1-7-9-11-13-15-17-19-23-31-37-43-49-64(69)81-60(53-75-62(67)47-41-35-29-22-18-16-14-12-10-8-2)55-79-83(71,72)77-51-59(66)52-78-84(73,74)80-56-61(54-76-63(68)48-42-36-30-26-25-28-34-40-46-58(5)6)82-65(70)50-44-38-32-24-20-21-27-33-39-45-57(3)4/h57-61,66H,7-56H2,1-6H3,(H,71,72)(H,73,74)/t59-,60+,61+/m0/s1. The lowest BCUT2D eigenvalue weighted by atomic mass is 10.0. The van der Waals surface area contributed by atoms with Gasteiger partial charge in [0.25, 0.3) is 0 Å². The predicted octanol–water partition coefficient (Wildman–Crippen LogP) is 18.0. The Hall–Kier alpha value is -1.94. The molecule has 0 fully saturated rings. The minimum absolute atomic E-state index is 0.105. The number of carbonyl (C=O) groups is 4. The number of hydrogen-bond donors (Lipinski definition) is 3. The van der Waals surface area contributed by atoms with E-state index >= 15 is 0 Å². The first-order valence-electron chi connectivity index (χ1n) is 34.0. The molecule has 0 aromatic carbocycles. The molecule has 0 aromatic heterocycles. The molecule has 498 valence electrons. The van der Waals surface area contributed by atoms with Crippen molar-refractivity contribution in [3.63, 3.8) is 0 Å². The smallest absolute Gasteiger partial charge is 0.462 e. The second kappa shape index (κ2) is 57.5. The van der Waals surface area contributed by atoms with E-state index in [0.29, 0.717) is 25.7 Å². The molecule has 0 saturated heterocycles. The van der Waals surface area contributed by atoms with Crippen molar-refractivity contribution in [2.45, 2.75) is 342 Å². The van der Waals surface area contributed by atoms with Crippen molar-refractivity contribution in [1.82, 2.24) is 0 Å². The van der Waals surface area contributed by atoms with Crippen molar-refractivity contribution in [3.8, 4) is 0 Å². The summed E-state index contributed by atoms with van der Waals surface area (Å²) in [5, 5.41) is 10.5. The SMILES string of the molecule is CCCCCCCCCCCCCC(=O)O[C@H](COC(=O)CCCCCCCCCCCC)COP(=O)(O)OC[C@H](O)COP(=O)(O)OC[C@@H](COC(=O)CCCCCCCCCCC(C)C)OC(=O)CCCCCCCCCCCC(C)C. The van der Waals surface area contributed by atoms with E-state index < -0.39 is 97.5 Å². The molecule has 0 aromatic rings. The van der Waals surface area contributed by atoms with Crippen molar-refractivity contribution < 1.29 is 80.2 Å². The normalized spacial score (nSPS) is 14.3. The van der Waals surface area contributed by atoms with Gasteiger partial charge in [-0.2, -0.15) is 0 Å². The molecule has 0 amide bonds. The van der Waals surface area contributed by atoms with Crippen LogP contribution in [0.2, 0.25) is 0 Å². The lowest BCUT2D eigenvalue weighted by molar-refractivity contribution is -0.161. The fourth-order valence-corrected chi connectivity index (χ4v) is 11.3. The van der Waals surface area contributed by atoms with Crippen LogP contribution in [-0.2, 0) is 65.4 Å². The summed E-state index contributed by atoms with van der Waals surface area (Å²) in [6.45, 7) is 9.44. The number of carbonyl (C=O) groups excluding carboxylic acids is 4. The van der Waals surface area contributed by atoms with Gasteiger partial charge in [-0.25, -0.2) is 9.13 Å². The predicted molar refractivity (Wildman–Crippen MR) is 335 cm³/mol. The molecule has 0 aliphatic rings. The molecular weight excluding hydrogens is 1110 g/mol. The summed E-state index contributed by atoms with van der Waals surface area (Å²) < 4.78 is 68.0. The Balaban J connectivity index is 5.25. The maximum absolute atomic E-state index is 13.0. The van der Waals surface area contributed by atoms with Crippen LogP contribution in [0.4, 0.5) is 0 Å². The number of hydrogen-bond acceptors (Lipinski definition) is 15. The van der Waals surface area contributed by atoms with Gasteiger partial charge in [0.2, 0.25) is 0 Å². The highest BCUT2D eigenvalue weighted by Gasteiger charge is 2.30. The van der Waals surface area contributed by atoms with Gasteiger partial charge >= 0.3 is 39.5 Å². The van der Waals surface area contributed by atoms with E-state index in [4.69, 9.17) is 37.0 Å².